The van der Waals surface area contributed by atoms with Crippen molar-refractivity contribution in [2.24, 2.45) is 0 Å². The summed E-state index contributed by atoms with van der Waals surface area (Å²) in [4.78, 5) is 7.97. The fourth-order valence-electron chi connectivity index (χ4n) is 1.57. The summed E-state index contributed by atoms with van der Waals surface area (Å²) in [5.41, 5.74) is 0.712. The van der Waals surface area contributed by atoms with Gasteiger partial charge in [0.2, 0.25) is 5.88 Å². The maximum Gasteiger partial charge on any atom is 0.227 e. The second kappa shape index (κ2) is 5.31. The van der Waals surface area contributed by atoms with E-state index in [1.165, 1.54) is 18.5 Å². The summed E-state index contributed by atoms with van der Waals surface area (Å²) >= 11 is 6.02. The molecule has 18 heavy (non-hydrogen) atoms. The second-order valence-corrected chi connectivity index (χ2v) is 4.46. The van der Waals surface area contributed by atoms with Crippen LogP contribution in [0.1, 0.15) is 25.3 Å². The van der Waals surface area contributed by atoms with Gasteiger partial charge in [0.05, 0.1) is 5.56 Å². The lowest BCUT2D eigenvalue weighted by molar-refractivity contribution is 0.447. The summed E-state index contributed by atoms with van der Waals surface area (Å²) in [6.45, 7) is 3.92. The molecule has 0 N–H and O–H groups in total. The van der Waals surface area contributed by atoms with Crippen LogP contribution in [0.3, 0.4) is 0 Å². The zero-order chi connectivity index (χ0) is 13.1. The zero-order valence-corrected chi connectivity index (χ0v) is 10.8. The minimum absolute atomic E-state index is 0.113. The molecule has 0 atom stereocenters. The van der Waals surface area contributed by atoms with Crippen molar-refractivity contribution in [3.8, 4) is 11.6 Å². The molecular formula is C13H12ClFN2O. The topological polar surface area (TPSA) is 35.0 Å². The number of benzene rings is 1. The van der Waals surface area contributed by atoms with E-state index in [1.807, 2.05) is 13.8 Å². The number of nitrogens with zero attached hydrogens (tertiary/aromatic N) is 2. The molecule has 0 fully saturated rings. The molecule has 2 aromatic rings. The Morgan fingerprint density at radius 1 is 1.28 bits per heavy atom. The third-order valence-corrected chi connectivity index (χ3v) is 2.69. The number of halogens is 2. The quantitative estimate of drug-likeness (QED) is 0.782. The lowest BCUT2D eigenvalue weighted by atomic mass is 10.1. The molecule has 0 saturated heterocycles. The van der Waals surface area contributed by atoms with E-state index in [9.17, 15) is 4.39 Å². The highest BCUT2D eigenvalue weighted by Gasteiger charge is 2.15. The van der Waals surface area contributed by atoms with E-state index in [4.69, 9.17) is 16.3 Å². The average Bonchev–Trinajstić information content (AvgIpc) is 2.28. The lowest BCUT2D eigenvalue weighted by Crippen LogP contribution is -1.99. The van der Waals surface area contributed by atoms with Crippen molar-refractivity contribution >= 4 is 11.6 Å². The highest BCUT2D eigenvalue weighted by Crippen LogP contribution is 2.32. The van der Waals surface area contributed by atoms with Crippen LogP contribution in [0.25, 0.3) is 0 Å². The Hall–Kier alpha value is -1.68. The van der Waals surface area contributed by atoms with E-state index in [0.717, 1.165) is 0 Å². The summed E-state index contributed by atoms with van der Waals surface area (Å²) in [5.74, 6) is 0.489. The van der Waals surface area contributed by atoms with Crippen LogP contribution < -0.4 is 4.74 Å². The molecule has 2 rings (SSSR count). The van der Waals surface area contributed by atoms with E-state index >= 15 is 0 Å². The second-order valence-electron chi connectivity index (χ2n) is 4.10. The number of hydrogen-bond donors (Lipinski definition) is 0. The summed E-state index contributed by atoms with van der Waals surface area (Å²) in [6.07, 6.45) is 1.32. The van der Waals surface area contributed by atoms with Gasteiger partial charge in [0, 0.05) is 6.07 Å². The highest BCUT2D eigenvalue weighted by atomic mass is 35.5. The first-order valence-electron chi connectivity index (χ1n) is 5.51. The number of aromatic nitrogens is 2. The minimum Gasteiger partial charge on any atom is -0.438 e. The van der Waals surface area contributed by atoms with Crippen LogP contribution >= 0.6 is 11.6 Å². The molecule has 1 aromatic carbocycles. The molecule has 1 aromatic heterocycles. The third kappa shape index (κ3) is 2.76. The molecule has 1 heterocycles. The van der Waals surface area contributed by atoms with Gasteiger partial charge in [-0.25, -0.2) is 14.4 Å². The molecule has 0 aliphatic rings. The Morgan fingerprint density at radius 2 is 2.06 bits per heavy atom. The van der Waals surface area contributed by atoms with Crippen molar-refractivity contribution in [3.63, 3.8) is 0 Å². The van der Waals surface area contributed by atoms with Crippen molar-refractivity contribution in [1.29, 1.82) is 0 Å². The van der Waals surface area contributed by atoms with Gasteiger partial charge in [0.15, 0.2) is 0 Å². The molecule has 0 unspecified atom stereocenters. The molecule has 0 bridgehead atoms. The Labute approximate surface area is 110 Å². The van der Waals surface area contributed by atoms with Gasteiger partial charge in [-0.3, -0.25) is 0 Å². The SMILES string of the molecule is CC(C)c1c(Cl)ncnc1Oc1cccc(F)c1. The Morgan fingerprint density at radius 3 is 2.72 bits per heavy atom. The zero-order valence-electron chi connectivity index (χ0n) is 10.0. The van der Waals surface area contributed by atoms with Crippen molar-refractivity contribution in [2.45, 2.75) is 19.8 Å². The fourth-order valence-corrected chi connectivity index (χ4v) is 1.91. The smallest absolute Gasteiger partial charge is 0.227 e. The molecular weight excluding hydrogens is 255 g/mol. The van der Waals surface area contributed by atoms with Gasteiger partial charge in [-0.1, -0.05) is 31.5 Å². The molecule has 0 radical (unpaired) electrons. The van der Waals surface area contributed by atoms with Crippen molar-refractivity contribution < 1.29 is 9.13 Å². The van der Waals surface area contributed by atoms with Crippen molar-refractivity contribution in [3.05, 3.63) is 47.1 Å². The van der Waals surface area contributed by atoms with Crippen LogP contribution in [-0.2, 0) is 0 Å². The predicted molar refractivity (Wildman–Crippen MR) is 67.6 cm³/mol. The van der Waals surface area contributed by atoms with E-state index in [0.29, 0.717) is 22.3 Å². The third-order valence-electron chi connectivity index (χ3n) is 2.39. The van der Waals surface area contributed by atoms with Gasteiger partial charge < -0.3 is 4.74 Å². The first kappa shape index (κ1) is 12.8. The first-order chi connectivity index (χ1) is 8.58. The molecule has 0 aliphatic heterocycles. The molecule has 5 heteroatoms. The molecule has 0 aliphatic carbocycles. The normalized spacial score (nSPS) is 10.7. The number of hydrogen-bond acceptors (Lipinski definition) is 3. The summed E-state index contributed by atoms with van der Waals surface area (Å²) in [5, 5.41) is 0.353. The summed E-state index contributed by atoms with van der Waals surface area (Å²) in [7, 11) is 0. The summed E-state index contributed by atoms with van der Waals surface area (Å²) in [6, 6.07) is 5.87. The maximum absolute atomic E-state index is 13.1. The minimum atomic E-state index is -0.362. The van der Waals surface area contributed by atoms with Gasteiger partial charge >= 0.3 is 0 Å². The predicted octanol–water partition coefficient (Wildman–Crippen LogP) is 4.18. The van der Waals surface area contributed by atoms with Gasteiger partial charge in [-0.2, -0.15) is 0 Å². The average molecular weight is 267 g/mol. The van der Waals surface area contributed by atoms with E-state index in [-0.39, 0.29) is 11.7 Å². The molecule has 0 spiro atoms. The summed E-state index contributed by atoms with van der Waals surface area (Å²) < 4.78 is 18.6. The van der Waals surface area contributed by atoms with Gasteiger partial charge in [0.25, 0.3) is 0 Å². The van der Waals surface area contributed by atoms with Crippen molar-refractivity contribution in [2.75, 3.05) is 0 Å². The molecule has 0 saturated carbocycles. The Bertz CT molecular complexity index is 560. The van der Waals surface area contributed by atoms with Crippen LogP contribution in [0.2, 0.25) is 5.15 Å². The fraction of sp³-hybridized carbons (Fsp3) is 0.231. The number of rotatable bonds is 3. The first-order valence-corrected chi connectivity index (χ1v) is 5.89. The highest BCUT2D eigenvalue weighted by molar-refractivity contribution is 6.30. The standard InChI is InChI=1S/C13H12ClFN2O/c1-8(2)11-12(14)16-7-17-13(11)18-10-5-3-4-9(15)6-10/h3-8H,1-2H3. The van der Waals surface area contributed by atoms with Crippen molar-refractivity contribution in [1.82, 2.24) is 9.97 Å². The largest absolute Gasteiger partial charge is 0.438 e. The number of ether oxygens (including phenoxy) is 1. The van der Waals surface area contributed by atoms with Crippen LogP contribution in [0, 0.1) is 5.82 Å². The molecule has 0 amide bonds. The van der Waals surface area contributed by atoms with Gasteiger partial charge in [-0.05, 0) is 18.1 Å². The lowest BCUT2D eigenvalue weighted by Gasteiger charge is -2.13. The van der Waals surface area contributed by atoms with E-state index in [2.05, 4.69) is 9.97 Å². The van der Waals surface area contributed by atoms with Crippen LogP contribution in [0.4, 0.5) is 4.39 Å². The van der Waals surface area contributed by atoms with Crippen LogP contribution in [0.15, 0.2) is 30.6 Å². The van der Waals surface area contributed by atoms with E-state index < -0.39 is 0 Å². The molecule has 94 valence electrons. The van der Waals surface area contributed by atoms with E-state index in [1.54, 1.807) is 12.1 Å². The Balaban J connectivity index is 2.37. The maximum atomic E-state index is 13.1. The molecule has 3 nitrogen and oxygen atoms in total. The van der Waals surface area contributed by atoms with Crippen LogP contribution in [0.5, 0.6) is 11.6 Å². The Kier molecular flexibility index (Phi) is 3.77. The van der Waals surface area contributed by atoms with Gasteiger partial charge in [0.1, 0.15) is 23.0 Å². The monoisotopic (exact) mass is 266 g/mol. The van der Waals surface area contributed by atoms with Crippen LogP contribution in [-0.4, -0.2) is 9.97 Å². The van der Waals surface area contributed by atoms with Gasteiger partial charge in [-0.15, -0.1) is 0 Å².